The summed E-state index contributed by atoms with van der Waals surface area (Å²) in [6.07, 6.45) is -2.60. The maximum absolute atomic E-state index is 12.5. The molecule has 9 heteroatoms. The number of hydrazine groups is 1. The fourth-order valence-electron chi connectivity index (χ4n) is 1.40. The molecule has 1 rings (SSSR count). The Morgan fingerprint density at radius 1 is 1.50 bits per heavy atom. The first-order valence-electron chi connectivity index (χ1n) is 5.18. The quantitative estimate of drug-likeness (QED) is 0.640. The predicted molar refractivity (Wildman–Crippen MR) is 63.4 cm³/mol. The number of nitrogens with two attached hydrogens (primary N) is 1. The average Bonchev–Trinajstić information content (AvgIpc) is 2.27. The minimum atomic E-state index is -4.33. The summed E-state index contributed by atoms with van der Waals surface area (Å²) in [5.41, 5.74) is 2.17. The molecule has 0 aliphatic heterocycles. The molecule has 5 nitrogen and oxygen atoms in total. The first-order chi connectivity index (χ1) is 8.37. The van der Waals surface area contributed by atoms with E-state index < -0.39 is 12.7 Å². The van der Waals surface area contributed by atoms with Gasteiger partial charge in [0.1, 0.15) is 11.6 Å². The first kappa shape index (κ1) is 14.8. The molecule has 0 bridgehead atoms. The number of anilines is 2. The van der Waals surface area contributed by atoms with E-state index in [1.54, 1.807) is 6.92 Å². The van der Waals surface area contributed by atoms with Crippen molar-refractivity contribution in [2.24, 2.45) is 5.84 Å². The molecule has 102 valence electrons. The summed E-state index contributed by atoms with van der Waals surface area (Å²) >= 11 is 5.81. The van der Waals surface area contributed by atoms with Crippen molar-refractivity contribution in [3.05, 3.63) is 11.2 Å². The molecular formula is C9H13ClF3N5. The number of nitrogens with one attached hydrogen (secondary N) is 1. The zero-order valence-electron chi connectivity index (χ0n) is 9.63. The van der Waals surface area contributed by atoms with E-state index in [1.165, 1.54) is 6.20 Å². The lowest BCUT2D eigenvalue weighted by Gasteiger charge is -2.25. The van der Waals surface area contributed by atoms with Crippen molar-refractivity contribution >= 4 is 23.4 Å². The van der Waals surface area contributed by atoms with Gasteiger partial charge in [-0.15, -0.1) is 0 Å². The van der Waals surface area contributed by atoms with Crippen LogP contribution in [0.5, 0.6) is 0 Å². The summed E-state index contributed by atoms with van der Waals surface area (Å²) in [5.74, 6) is 5.14. The molecule has 0 saturated carbocycles. The molecule has 0 aliphatic rings. The molecule has 0 saturated heterocycles. The molecule has 0 spiro atoms. The fourth-order valence-corrected chi connectivity index (χ4v) is 1.61. The van der Waals surface area contributed by atoms with Crippen LogP contribution in [-0.2, 0) is 0 Å². The van der Waals surface area contributed by atoms with Gasteiger partial charge in [0.05, 0.1) is 6.20 Å². The Morgan fingerprint density at radius 2 is 2.17 bits per heavy atom. The van der Waals surface area contributed by atoms with Gasteiger partial charge in [0.2, 0.25) is 5.95 Å². The Morgan fingerprint density at radius 3 is 2.67 bits per heavy atom. The van der Waals surface area contributed by atoms with Crippen LogP contribution >= 0.6 is 11.6 Å². The van der Waals surface area contributed by atoms with E-state index in [4.69, 9.17) is 17.4 Å². The van der Waals surface area contributed by atoms with Crippen molar-refractivity contribution in [2.75, 3.05) is 23.4 Å². The second-order valence-corrected chi connectivity index (χ2v) is 3.95. The van der Waals surface area contributed by atoms with E-state index in [1.807, 2.05) is 0 Å². The van der Waals surface area contributed by atoms with Crippen LogP contribution in [0.25, 0.3) is 0 Å². The van der Waals surface area contributed by atoms with Gasteiger partial charge in [-0.3, -0.25) is 5.43 Å². The molecule has 0 atom stereocenters. The third kappa shape index (κ3) is 4.19. The van der Waals surface area contributed by atoms with E-state index in [0.29, 0.717) is 6.42 Å². The van der Waals surface area contributed by atoms with Gasteiger partial charge in [-0.1, -0.05) is 18.5 Å². The third-order valence-electron chi connectivity index (χ3n) is 2.02. The van der Waals surface area contributed by atoms with Crippen molar-refractivity contribution in [2.45, 2.75) is 19.5 Å². The highest BCUT2D eigenvalue weighted by molar-refractivity contribution is 6.32. The maximum Gasteiger partial charge on any atom is 0.405 e. The highest BCUT2D eigenvalue weighted by Gasteiger charge is 2.32. The number of hydrogen-bond acceptors (Lipinski definition) is 5. The summed E-state index contributed by atoms with van der Waals surface area (Å²) in [5, 5.41) is 0.0479. The van der Waals surface area contributed by atoms with Gasteiger partial charge >= 0.3 is 6.18 Å². The van der Waals surface area contributed by atoms with E-state index in [0.717, 1.165) is 4.90 Å². The van der Waals surface area contributed by atoms with E-state index in [9.17, 15) is 13.2 Å². The van der Waals surface area contributed by atoms with Crippen LogP contribution in [0, 0.1) is 0 Å². The van der Waals surface area contributed by atoms with E-state index in [-0.39, 0.29) is 23.3 Å². The van der Waals surface area contributed by atoms with Crippen LogP contribution in [0.15, 0.2) is 6.20 Å². The van der Waals surface area contributed by atoms with Crippen molar-refractivity contribution in [3.63, 3.8) is 0 Å². The molecule has 1 heterocycles. The molecular weight excluding hydrogens is 271 g/mol. The van der Waals surface area contributed by atoms with Crippen LogP contribution < -0.4 is 16.2 Å². The van der Waals surface area contributed by atoms with Gasteiger partial charge in [-0.05, 0) is 6.42 Å². The molecule has 0 aliphatic carbocycles. The zero-order valence-corrected chi connectivity index (χ0v) is 10.4. The number of hydrogen-bond donors (Lipinski definition) is 2. The zero-order chi connectivity index (χ0) is 13.8. The molecule has 1 aromatic heterocycles. The minimum absolute atomic E-state index is 0.0117. The van der Waals surface area contributed by atoms with Crippen LogP contribution in [0.3, 0.4) is 0 Å². The van der Waals surface area contributed by atoms with Crippen molar-refractivity contribution in [3.8, 4) is 0 Å². The topological polar surface area (TPSA) is 67.1 Å². The Labute approximate surface area is 107 Å². The Hall–Kier alpha value is -1.28. The molecule has 18 heavy (non-hydrogen) atoms. The standard InChI is InChI=1S/C9H13ClF3N5/c1-2-3-18(5-9(11,12)13)7-6(10)4-15-8(16-7)17-14/h4H,2-3,5,14H2,1H3,(H,15,16,17). The number of aromatic nitrogens is 2. The van der Waals surface area contributed by atoms with Gasteiger partial charge in [0, 0.05) is 6.54 Å². The van der Waals surface area contributed by atoms with Gasteiger partial charge in [-0.2, -0.15) is 18.2 Å². The van der Waals surface area contributed by atoms with Crippen molar-refractivity contribution in [1.82, 2.24) is 9.97 Å². The Kier molecular flexibility index (Phi) is 4.97. The fraction of sp³-hybridized carbons (Fsp3) is 0.556. The number of rotatable bonds is 5. The lowest BCUT2D eigenvalue weighted by Crippen LogP contribution is -2.35. The van der Waals surface area contributed by atoms with Crippen LogP contribution in [0.4, 0.5) is 24.9 Å². The number of nitrogens with zero attached hydrogens (tertiary/aromatic N) is 3. The summed E-state index contributed by atoms with van der Waals surface area (Å²) in [6.45, 7) is 0.822. The minimum Gasteiger partial charge on any atom is -0.346 e. The first-order valence-corrected chi connectivity index (χ1v) is 5.56. The summed E-state index contributed by atoms with van der Waals surface area (Å²) in [7, 11) is 0. The average molecular weight is 284 g/mol. The van der Waals surface area contributed by atoms with Gasteiger partial charge < -0.3 is 4.90 Å². The smallest absolute Gasteiger partial charge is 0.346 e. The summed E-state index contributed by atoms with van der Waals surface area (Å²) in [6, 6.07) is 0. The third-order valence-corrected chi connectivity index (χ3v) is 2.28. The summed E-state index contributed by atoms with van der Waals surface area (Å²) in [4.78, 5) is 8.60. The number of alkyl halides is 3. The van der Waals surface area contributed by atoms with Crippen LogP contribution in [-0.4, -0.2) is 29.2 Å². The molecule has 0 unspecified atom stereocenters. The lowest BCUT2D eigenvalue weighted by atomic mass is 10.3. The van der Waals surface area contributed by atoms with Gasteiger partial charge in [0.15, 0.2) is 5.82 Å². The predicted octanol–water partition coefficient (Wildman–Crippen LogP) is 2.19. The Bertz CT molecular complexity index is 398. The van der Waals surface area contributed by atoms with Crippen molar-refractivity contribution < 1.29 is 13.2 Å². The SMILES string of the molecule is CCCN(CC(F)(F)F)c1nc(NN)ncc1Cl. The molecule has 3 N–H and O–H groups in total. The molecule has 0 amide bonds. The number of halogens is 4. The second kappa shape index (κ2) is 6.05. The number of nitrogen functional groups attached to an aromatic ring is 1. The van der Waals surface area contributed by atoms with E-state index in [2.05, 4.69) is 15.4 Å². The Balaban J connectivity index is 3.04. The molecule has 0 radical (unpaired) electrons. The van der Waals surface area contributed by atoms with Crippen LogP contribution in [0.2, 0.25) is 5.02 Å². The molecule has 0 aromatic carbocycles. The maximum atomic E-state index is 12.5. The lowest BCUT2D eigenvalue weighted by molar-refractivity contribution is -0.119. The van der Waals surface area contributed by atoms with Gasteiger partial charge in [0.25, 0.3) is 0 Å². The normalized spacial score (nSPS) is 11.4. The summed E-state index contributed by atoms with van der Waals surface area (Å²) < 4.78 is 37.4. The van der Waals surface area contributed by atoms with Crippen LogP contribution in [0.1, 0.15) is 13.3 Å². The highest BCUT2D eigenvalue weighted by Crippen LogP contribution is 2.27. The van der Waals surface area contributed by atoms with Gasteiger partial charge in [-0.25, -0.2) is 10.8 Å². The largest absolute Gasteiger partial charge is 0.405 e. The molecule has 0 fully saturated rings. The molecule has 1 aromatic rings. The van der Waals surface area contributed by atoms with Crippen molar-refractivity contribution in [1.29, 1.82) is 0 Å². The highest BCUT2D eigenvalue weighted by atomic mass is 35.5. The monoisotopic (exact) mass is 283 g/mol. The second-order valence-electron chi connectivity index (χ2n) is 3.55. The van der Waals surface area contributed by atoms with E-state index >= 15 is 0 Å².